The lowest BCUT2D eigenvalue weighted by atomic mass is 9.98. The normalized spacial score (nSPS) is 12.7. The van der Waals surface area contributed by atoms with Crippen molar-refractivity contribution < 1.29 is 4.39 Å². The molecule has 1 nitrogen and oxygen atoms in total. The first-order chi connectivity index (χ1) is 8.11. The van der Waals surface area contributed by atoms with Gasteiger partial charge in [0.15, 0.2) is 0 Å². The molecule has 0 radical (unpaired) electrons. The molecule has 96 valence electrons. The van der Waals surface area contributed by atoms with Crippen molar-refractivity contribution in [2.24, 2.45) is 5.92 Å². The fraction of sp³-hybridized carbons (Fsp3) is 0.571. The Hall–Kier alpha value is -0.410. The van der Waals surface area contributed by atoms with E-state index >= 15 is 0 Å². The van der Waals surface area contributed by atoms with Gasteiger partial charge >= 0.3 is 0 Å². The van der Waals surface area contributed by atoms with Gasteiger partial charge in [0.1, 0.15) is 5.82 Å². The van der Waals surface area contributed by atoms with E-state index in [0.717, 1.165) is 36.0 Å². The molecule has 0 aliphatic heterocycles. The van der Waals surface area contributed by atoms with Gasteiger partial charge < -0.3 is 5.32 Å². The lowest BCUT2D eigenvalue weighted by molar-refractivity contribution is 0.497. The Balaban J connectivity index is 2.36. The summed E-state index contributed by atoms with van der Waals surface area (Å²) in [6.07, 6.45) is 3.24. The Morgan fingerprint density at radius 1 is 1.29 bits per heavy atom. The summed E-state index contributed by atoms with van der Waals surface area (Å²) in [6, 6.07) is 5.12. The Labute approximate surface area is 112 Å². The predicted octanol–water partition coefficient (Wildman–Crippen LogP) is 4.16. The standard InChI is InChI=1S/C14H21BrFN/c1-3-5-17-6-4-11(2)7-12-8-13(15)10-14(16)9-12/h8-11,17H,3-7H2,1-2H3. The van der Waals surface area contributed by atoms with Gasteiger partial charge in [-0.2, -0.15) is 0 Å². The molecule has 1 N–H and O–H groups in total. The van der Waals surface area contributed by atoms with E-state index in [1.807, 2.05) is 6.07 Å². The molecule has 0 heterocycles. The Morgan fingerprint density at radius 2 is 2.06 bits per heavy atom. The van der Waals surface area contributed by atoms with Gasteiger partial charge in [0.2, 0.25) is 0 Å². The van der Waals surface area contributed by atoms with Crippen LogP contribution < -0.4 is 5.32 Å². The van der Waals surface area contributed by atoms with E-state index < -0.39 is 0 Å². The quantitative estimate of drug-likeness (QED) is 0.746. The lowest BCUT2D eigenvalue weighted by Crippen LogP contribution is -2.18. The molecule has 17 heavy (non-hydrogen) atoms. The van der Waals surface area contributed by atoms with Crippen LogP contribution in [0.4, 0.5) is 4.39 Å². The molecule has 0 fully saturated rings. The molecule has 0 saturated carbocycles. The predicted molar refractivity (Wildman–Crippen MR) is 74.7 cm³/mol. The summed E-state index contributed by atoms with van der Waals surface area (Å²) in [6.45, 7) is 6.51. The molecule has 1 rings (SSSR count). The summed E-state index contributed by atoms with van der Waals surface area (Å²) in [5, 5.41) is 3.39. The Kier molecular flexibility index (Phi) is 6.75. The first-order valence-electron chi connectivity index (χ1n) is 6.27. The smallest absolute Gasteiger partial charge is 0.124 e. The van der Waals surface area contributed by atoms with E-state index in [9.17, 15) is 4.39 Å². The lowest BCUT2D eigenvalue weighted by Gasteiger charge is -2.12. The van der Waals surface area contributed by atoms with E-state index in [0.29, 0.717) is 5.92 Å². The number of hydrogen-bond acceptors (Lipinski definition) is 1. The van der Waals surface area contributed by atoms with Crippen LogP contribution in [0.5, 0.6) is 0 Å². The Bertz CT molecular complexity index is 321. The number of nitrogens with one attached hydrogen (secondary N) is 1. The van der Waals surface area contributed by atoms with Crippen LogP contribution in [0.15, 0.2) is 22.7 Å². The van der Waals surface area contributed by atoms with Crippen molar-refractivity contribution >= 4 is 15.9 Å². The van der Waals surface area contributed by atoms with Crippen LogP contribution in [0.2, 0.25) is 0 Å². The number of rotatable bonds is 7. The van der Waals surface area contributed by atoms with Gasteiger partial charge in [0.05, 0.1) is 0 Å². The van der Waals surface area contributed by atoms with Gasteiger partial charge in [-0.05, 0) is 62.0 Å². The molecule has 0 amide bonds. The molecule has 1 unspecified atom stereocenters. The monoisotopic (exact) mass is 301 g/mol. The highest BCUT2D eigenvalue weighted by Gasteiger charge is 2.05. The summed E-state index contributed by atoms with van der Waals surface area (Å²) >= 11 is 3.32. The number of benzene rings is 1. The van der Waals surface area contributed by atoms with Crippen molar-refractivity contribution in [3.63, 3.8) is 0 Å². The maximum absolute atomic E-state index is 13.2. The molecule has 0 bridgehead atoms. The largest absolute Gasteiger partial charge is 0.317 e. The van der Waals surface area contributed by atoms with Crippen molar-refractivity contribution in [3.8, 4) is 0 Å². The van der Waals surface area contributed by atoms with Crippen LogP contribution in [0.25, 0.3) is 0 Å². The summed E-state index contributed by atoms with van der Waals surface area (Å²) in [4.78, 5) is 0. The molecular formula is C14H21BrFN. The second kappa shape index (κ2) is 7.83. The maximum Gasteiger partial charge on any atom is 0.124 e. The zero-order valence-corrected chi connectivity index (χ0v) is 12.2. The summed E-state index contributed by atoms with van der Waals surface area (Å²) < 4.78 is 14.0. The van der Waals surface area contributed by atoms with Crippen LogP contribution in [-0.2, 0) is 6.42 Å². The molecular weight excluding hydrogens is 281 g/mol. The van der Waals surface area contributed by atoms with Crippen LogP contribution in [0.1, 0.15) is 32.3 Å². The molecule has 1 atom stereocenters. The SMILES string of the molecule is CCCNCCC(C)Cc1cc(F)cc(Br)c1. The fourth-order valence-corrected chi connectivity index (χ4v) is 2.40. The van der Waals surface area contributed by atoms with E-state index in [4.69, 9.17) is 0 Å². The zero-order chi connectivity index (χ0) is 12.7. The van der Waals surface area contributed by atoms with E-state index in [1.54, 1.807) is 6.07 Å². The van der Waals surface area contributed by atoms with Crippen LogP contribution in [0.3, 0.4) is 0 Å². The van der Waals surface area contributed by atoms with Crippen LogP contribution in [-0.4, -0.2) is 13.1 Å². The molecule has 1 aromatic rings. The molecule has 3 heteroatoms. The fourth-order valence-electron chi connectivity index (χ4n) is 1.88. The van der Waals surface area contributed by atoms with Gasteiger partial charge in [0, 0.05) is 4.47 Å². The average Bonchev–Trinajstić information content (AvgIpc) is 2.23. The zero-order valence-electron chi connectivity index (χ0n) is 10.6. The summed E-state index contributed by atoms with van der Waals surface area (Å²) in [7, 11) is 0. The second-order valence-corrected chi connectivity index (χ2v) is 5.54. The van der Waals surface area contributed by atoms with E-state index in [1.165, 1.54) is 12.5 Å². The topological polar surface area (TPSA) is 12.0 Å². The first-order valence-corrected chi connectivity index (χ1v) is 7.06. The molecule has 1 aromatic carbocycles. The van der Waals surface area contributed by atoms with Gasteiger partial charge in [-0.3, -0.25) is 0 Å². The minimum atomic E-state index is -0.161. The maximum atomic E-state index is 13.2. The highest BCUT2D eigenvalue weighted by atomic mass is 79.9. The minimum absolute atomic E-state index is 0.161. The van der Waals surface area contributed by atoms with E-state index in [-0.39, 0.29) is 5.82 Å². The third-order valence-corrected chi connectivity index (χ3v) is 3.21. The minimum Gasteiger partial charge on any atom is -0.317 e. The summed E-state index contributed by atoms with van der Waals surface area (Å²) in [5.41, 5.74) is 1.07. The van der Waals surface area contributed by atoms with Gasteiger partial charge in [-0.25, -0.2) is 4.39 Å². The summed E-state index contributed by atoms with van der Waals surface area (Å²) in [5.74, 6) is 0.415. The van der Waals surface area contributed by atoms with Crippen molar-refractivity contribution in [2.45, 2.75) is 33.1 Å². The van der Waals surface area contributed by atoms with Gasteiger partial charge in [0.25, 0.3) is 0 Å². The third kappa shape index (κ3) is 6.18. The molecule has 0 aromatic heterocycles. The van der Waals surface area contributed by atoms with Crippen LogP contribution >= 0.6 is 15.9 Å². The second-order valence-electron chi connectivity index (χ2n) is 4.63. The number of hydrogen-bond donors (Lipinski definition) is 1. The first kappa shape index (κ1) is 14.7. The molecule has 0 spiro atoms. The highest BCUT2D eigenvalue weighted by molar-refractivity contribution is 9.10. The molecule has 0 aliphatic carbocycles. The molecule has 0 aliphatic rings. The van der Waals surface area contributed by atoms with Crippen molar-refractivity contribution in [2.75, 3.05) is 13.1 Å². The third-order valence-electron chi connectivity index (χ3n) is 2.75. The van der Waals surface area contributed by atoms with Gasteiger partial charge in [-0.15, -0.1) is 0 Å². The van der Waals surface area contributed by atoms with Crippen LogP contribution in [0, 0.1) is 11.7 Å². The Morgan fingerprint density at radius 3 is 2.71 bits per heavy atom. The van der Waals surface area contributed by atoms with Gasteiger partial charge in [-0.1, -0.05) is 29.8 Å². The van der Waals surface area contributed by atoms with Crippen molar-refractivity contribution in [1.82, 2.24) is 5.32 Å². The molecule has 0 saturated heterocycles. The highest BCUT2D eigenvalue weighted by Crippen LogP contribution is 2.18. The van der Waals surface area contributed by atoms with Crippen molar-refractivity contribution in [3.05, 3.63) is 34.1 Å². The van der Waals surface area contributed by atoms with E-state index in [2.05, 4.69) is 35.1 Å². The van der Waals surface area contributed by atoms with Crippen molar-refractivity contribution in [1.29, 1.82) is 0 Å². The number of halogens is 2. The average molecular weight is 302 g/mol.